The van der Waals surface area contributed by atoms with E-state index < -0.39 is 11.7 Å². The van der Waals surface area contributed by atoms with Crippen LogP contribution in [0.3, 0.4) is 0 Å². The fourth-order valence-corrected chi connectivity index (χ4v) is 3.05. The Morgan fingerprint density at radius 1 is 1.33 bits per heavy atom. The summed E-state index contributed by atoms with van der Waals surface area (Å²) in [5.41, 5.74) is -0.711. The quantitative estimate of drug-likeness (QED) is 0.869. The van der Waals surface area contributed by atoms with Crippen LogP contribution in [0.2, 0.25) is 5.02 Å². The maximum atomic E-state index is 13.0. The number of piperidine rings is 1. The highest BCUT2D eigenvalue weighted by Gasteiger charge is 2.34. The van der Waals surface area contributed by atoms with E-state index in [0.717, 1.165) is 25.5 Å². The molecule has 2 rings (SSSR count). The number of halogens is 4. The van der Waals surface area contributed by atoms with Gasteiger partial charge in [-0.05, 0) is 45.0 Å². The van der Waals surface area contributed by atoms with Gasteiger partial charge in [-0.2, -0.15) is 13.2 Å². The van der Waals surface area contributed by atoms with Crippen molar-refractivity contribution in [1.29, 1.82) is 0 Å². The normalized spacial score (nSPS) is 20.5. The fraction of sp³-hybridized carbons (Fsp3) is 0.600. The number of anilines is 1. The van der Waals surface area contributed by atoms with Crippen molar-refractivity contribution in [1.82, 2.24) is 4.90 Å². The number of hydrogen-bond acceptors (Lipinski definition) is 2. The molecule has 1 fully saturated rings. The zero-order valence-corrected chi connectivity index (χ0v) is 12.8. The van der Waals surface area contributed by atoms with E-state index in [-0.39, 0.29) is 10.7 Å². The molecule has 0 radical (unpaired) electrons. The highest BCUT2D eigenvalue weighted by atomic mass is 35.5. The largest absolute Gasteiger partial charge is 0.418 e. The van der Waals surface area contributed by atoms with E-state index in [1.807, 2.05) is 0 Å². The second-order valence-electron chi connectivity index (χ2n) is 5.51. The predicted molar refractivity (Wildman–Crippen MR) is 79.8 cm³/mol. The number of para-hydroxylation sites is 1. The lowest BCUT2D eigenvalue weighted by Gasteiger charge is -2.32. The Balaban J connectivity index is 2.00. The Morgan fingerprint density at radius 3 is 2.76 bits per heavy atom. The first kappa shape index (κ1) is 16.4. The average molecular weight is 321 g/mol. The Hall–Kier alpha value is -0.940. The van der Waals surface area contributed by atoms with Crippen molar-refractivity contribution >= 4 is 17.3 Å². The summed E-state index contributed by atoms with van der Waals surface area (Å²) < 4.78 is 38.9. The van der Waals surface area contributed by atoms with E-state index in [0.29, 0.717) is 12.6 Å². The lowest BCUT2D eigenvalue weighted by molar-refractivity contribution is -0.136. The molecule has 0 aliphatic carbocycles. The molecule has 1 atom stereocenters. The van der Waals surface area contributed by atoms with Crippen LogP contribution in [-0.4, -0.2) is 31.1 Å². The monoisotopic (exact) mass is 320 g/mol. The summed E-state index contributed by atoms with van der Waals surface area (Å²) in [5, 5.41) is 2.99. The molecule has 1 aromatic rings. The minimum Gasteiger partial charge on any atom is -0.383 e. The average Bonchev–Trinajstić information content (AvgIpc) is 2.41. The maximum absolute atomic E-state index is 13.0. The second-order valence-corrected chi connectivity index (χ2v) is 5.91. The molecule has 6 heteroatoms. The summed E-state index contributed by atoms with van der Waals surface area (Å²) in [6.07, 6.45) is -0.0845. The van der Waals surface area contributed by atoms with Gasteiger partial charge in [0.15, 0.2) is 0 Å². The lowest BCUT2D eigenvalue weighted by Crippen LogP contribution is -2.37. The van der Waals surface area contributed by atoms with Crippen LogP contribution in [0, 0.1) is 0 Å². The van der Waals surface area contributed by atoms with Gasteiger partial charge in [0.2, 0.25) is 0 Å². The lowest BCUT2D eigenvalue weighted by atomic mass is 10.00. The molecule has 1 aromatic carbocycles. The Labute approximate surface area is 128 Å². The van der Waals surface area contributed by atoms with Crippen molar-refractivity contribution in [3.63, 3.8) is 0 Å². The van der Waals surface area contributed by atoms with Crippen LogP contribution < -0.4 is 5.32 Å². The first-order valence-electron chi connectivity index (χ1n) is 7.19. The molecule has 118 valence electrons. The number of likely N-dealkylation sites (tertiary alicyclic amines) is 1. The standard InChI is InChI=1S/C15H20ClF3N2/c1-21-10-3-2-5-11(21)8-9-20-14-12(15(17,18)19)6-4-7-13(14)16/h4,6-7,11,20H,2-3,5,8-10H2,1H3. The third-order valence-electron chi connectivity index (χ3n) is 4.02. The highest BCUT2D eigenvalue weighted by molar-refractivity contribution is 6.33. The molecular formula is C15H20ClF3N2. The molecule has 2 nitrogen and oxygen atoms in total. The molecule has 0 saturated carbocycles. The van der Waals surface area contributed by atoms with Crippen molar-refractivity contribution in [3.05, 3.63) is 28.8 Å². The minimum atomic E-state index is -4.39. The van der Waals surface area contributed by atoms with Crippen molar-refractivity contribution in [2.45, 2.75) is 37.9 Å². The van der Waals surface area contributed by atoms with E-state index in [9.17, 15) is 13.2 Å². The molecule has 1 heterocycles. The number of hydrogen-bond donors (Lipinski definition) is 1. The molecule has 1 aliphatic rings. The number of rotatable bonds is 4. The molecule has 1 N–H and O–H groups in total. The van der Waals surface area contributed by atoms with Crippen molar-refractivity contribution in [2.24, 2.45) is 0 Å². The molecule has 0 bridgehead atoms. The SMILES string of the molecule is CN1CCCCC1CCNc1c(Cl)cccc1C(F)(F)F. The van der Waals surface area contributed by atoms with Gasteiger partial charge >= 0.3 is 6.18 Å². The van der Waals surface area contributed by atoms with Crippen LogP contribution in [0.1, 0.15) is 31.2 Å². The van der Waals surface area contributed by atoms with Crippen molar-refractivity contribution < 1.29 is 13.2 Å². The first-order valence-corrected chi connectivity index (χ1v) is 7.57. The van der Waals surface area contributed by atoms with E-state index in [1.54, 1.807) is 0 Å². The van der Waals surface area contributed by atoms with Crippen LogP contribution >= 0.6 is 11.6 Å². The Bertz CT molecular complexity index is 476. The fourth-order valence-electron chi connectivity index (χ4n) is 2.81. The molecule has 21 heavy (non-hydrogen) atoms. The second kappa shape index (κ2) is 6.88. The van der Waals surface area contributed by atoms with E-state index in [4.69, 9.17) is 11.6 Å². The number of alkyl halides is 3. The van der Waals surface area contributed by atoms with Crippen LogP contribution in [0.25, 0.3) is 0 Å². The van der Waals surface area contributed by atoms with E-state index in [1.165, 1.54) is 25.0 Å². The van der Waals surface area contributed by atoms with Gasteiger partial charge in [0.1, 0.15) is 0 Å². The number of benzene rings is 1. The zero-order valence-electron chi connectivity index (χ0n) is 12.0. The summed E-state index contributed by atoms with van der Waals surface area (Å²) in [6, 6.07) is 4.29. The topological polar surface area (TPSA) is 15.3 Å². The van der Waals surface area contributed by atoms with E-state index in [2.05, 4.69) is 17.3 Å². The van der Waals surface area contributed by atoms with Gasteiger partial charge in [-0.25, -0.2) is 0 Å². The van der Waals surface area contributed by atoms with Gasteiger partial charge < -0.3 is 10.2 Å². The maximum Gasteiger partial charge on any atom is 0.418 e. The Morgan fingerprint density at radius 2 is 2.10 bits per heavy atom. The van der Waals surface area contributed by atoms with Gasteiger partial charge in [-0.3, -0.25) is 0 Å². The summed E-state index contributed by atoms with van der Waals surface area (Å²) >= 11 is 5.91. The van der Waals surface area contributed by atoms with Gasteiger partial charge in [0, 0.05) is 12.6 Å². The first-order chi connectivity index (χ1) is 9.89. The third-order valence-corrected chi connectivity index (χ3v) is 4.33. The van der Waals surface area contributed by atoms with E-state index >= 15 is 0 Å². The molecule has 0 amide bonds. The molecule has 1 unspecified atom stereocenters. The number of nitrogens with one attached hydrogen (secondary N) is 1. The van der Waals surface area contributed by atoms with Crippen LogP contribution in [0.4, 0.5) is 18.9 Å². The summed E-state index contributed by atoms with van der Waals surface area (Å²) in [7, 11) is 2.07. The highest BCUT2D eigenvalue weighted by Crippen LogP contribution is 2.38. The predicted octanol–water partition coefficient (Wildman–Crippen LogP) is 4.65. The van der Waals surface area contributed by atoms with Crippen LogP contribution in [0.5, 0.6) is 0 Å². The van der Waals surface area contributed by atoms with Gasteiger partial charge in [-0.1, -0.05) is 24.1 Å². The van der Waals surface area contributed by atoms with Crippen LogP contribution in [-0.2, 0) is 6.18 Å². The van der Waals surface area contributed by atoms with Crippen molar-refractivity contribution in [2.75, 3.05) is 25.5 Å². The summed E-state index contributed by atoms with van der Waals surface area (Å²) in [4.78, 5) is 2.28. The summed E-state index contributed by atoms with van der Waals surface area (Å²) in [6.45, 7) is 1.55. The summed E-state index contributed by atoms with van der Waals surface area (Å²) in [5.74, 6) is 0. The molecular weight excluding hydrogens is 301 g/mol. The zero-order chi connectivity index (χ0) is 15.5. The molecule has 0 aromatic heterocycles. The van der Waals surface area contributed by atoms with Crippen molar-refractivity contribution in [3.8, 4) is 0 Å². The molecule has 1 aliphatic heterocycles. The van der Waals surface area contributed by atoms with Crippen LogP contribution in [0.15, 0.2) is 18.2 Å². The molecule has 1 saturated heterocycles. The third kappa shape index (κ3) is 4.27. The minimum absolute atomic E-state index is 0.00914. The number of nitrogens with zero attached hydrogens (tertiary/aromatic N) is 1. The Kier molecular flexibility index (Phi) is 5.38. The van der Waals surface area contributed by atoms with Gasteiger partial charge in [0.05, 0.1) is 16.3 Å². The molecule has 0 spiro atoms. The smallest absolute Gasteiger partial charge is 0.383 e. The van der Waals surface area contributed by atoms with Gasteiger partial charge in [-0.15, -0.1) is 0 Å². The van der Waals surface area contributed by atoms with Gasteiger partial charge in [0.25, 0.3) is 0 Å².